The average molecular weight is 390 g/mol. The molecule has 0 atom stereocenters. The number of quaternary nitrogens is 1. The molecule has 2 aliphatic heterocycles. The minimum atomic E-state index is -4.46. The van der Waals surface area contributed by atoms with Gasteiger partial charge in [0.05, 0.1) is 30.2 Å². The first kappa shape index (κ1) is 18.6. The van der Waals surface area contributed by atoms with Crippen LogP contribution in [0.25, 0.3) is 0 Å². The Kier molecular flexibility index (Phi) is 4.91. The van der Waals surface area contributed by atoms with Crippen molar-refractivity contribution in [1.29, 1.82) is 0 Å². The quantitative estimate of drug-likeness (QED) is 0.872. The smallest absolute Gasteiger partial charge is 0.370 e. The lowest BCUT2D eigenvalue weighted by atomic mass is 10.1. The second-order valence-corrected chi connectivity index (χ2v) is 6.78. The van der Waals surface area contributed by atoms with Crippen LogP contribution in [0.2, 0.25) is 0 Å². The predicted octanol–water partition coefficient (Wildman–Crippen LogP) is 2.05. The molecule has 5 nitrogen and oxygen atoms in total. The molecule has 4 rings (SSSR count). The topological polar surface area (TPSA) is 46.3 Å². The van der Waals surface area contributed by atoms with Gasteiger partial charge >= 0.3 is 6.18 Å². The van der Waals surface area contributed by atoms with Crippen LogP contribution in [0.15, 0.2) is 53.5 Å². The third-order valence-electron chi connectivity index (χ3n) is 4.89. The van der Waals surface area contributed by atoms with Gasteiger partial charge in [0.1, 0.15) is 18.8 Å². The van der Waals surface area contributed by atoms with Crippen molar-refractivity contribution in [3.8, 4) is 0 Å². The number of alkyl halides is 3. The van der Waals surface area contributed by atoms with Crippen LogP contribution in [0, 0.1) is 0 Å². The number of ether oxygens (including phenoxy) is 1. The number of benzene rings is 2. The molecule has 28 heavy (non-hydrogen) atoms. The number of aliphatic imine (C=N–C) groups is 1. The summed E-state index contributed by atoms with van der Waals surface area (Å²) in [4.78, 5) is 20.2. The largest absolute Gasteiger partial charge is 0.416 e. The normalized spacial score (nSPS) is 19.3. The number of para-hydroxylation sites is 1. The molecule has 0 bridgehead atoms. The molecule has 2 aromatic rings. The molecule has 1 amide bonds. The number of carbonyl (C=O) groups excluding carboxylic acids is 1. The highest BCUT2D eigenvalue weighted by molar-refractivity contribution is 6.54. The summed E-state index contributed by atoms with van der Waals surface area (Å²) in [6, 6.07) is 11.9. The molecular weight excluding hydrogens is 371 g/mol. The van der Waals surface area contributed by atoms with Crippen molar-refractivity contribution in [2.75, 3.05) is 37.9 Å². The Bertz CT molecular complexity index is 921. The molecular formula is C20H19F3N3O2+. The lowest BCUT2D eigenvalue weighted by Crippen LogP contribution is -3.15. The summed E-state index contributed by atoms with van der Waals surface area (Å²) in [5.74, 6) is -0.294. The molecule has 0 radical (unpaired) electrons. The lowest BCUT2D eigenvalue weighted by molar-refractivity contribution is -0.906. The van der Waals surface area contributed by atoms with Gasteiger partial charge < -0.3 is 9.64 Å². The summed E-state index contributed by atoms with van der Waals surface area (Å²) < 4.78 is 44.3. The number of carbonyl (C=O) groups is 1. The molecule has 2 aliphatic rings. The van der Waals surface area contributed by atoms with Crippen molar-refractivity contribution in [1.82, 2.24) is 0 Å². The summed E-state index contributed by atoms with van der Waals surface area (Å²) in [7, 11) is 0. The van der Waals surface area contributed by atoms with E-state index < -0.39 is 11.7 Å². The number of hydrogen-bond donors (Lipinski definition) is 1. The van der Waals surface area contributed by atoms with E-state index in [1.165, 1.54) is 17.0 Å². The zero-order chi connectivity index (χ0) is 19.7. The molecule has 2 heterocycles. The summed E-state index contributed by atoms with van der Waals surface area (Å²) in [6.07, 6.45) is -4.46. The number of halogens is 3. The molecule has 0 unspecified atom stereocenters. The monoisotopic (exact) mass is 390 g/mol. The molecule has 0 spiro atoms. The summed E-state index contributed by atoms with van der Waals surface area (Å²) in [5.41, 5.74) is 0.855. The van der Waals surface area contributed by atoms with Crippen molar-refractivity contribution in [2.45, 2.75) is 6.18 Å². The van der Waals surface area contributed by atoms with Gasteiger partial charge in [0.2, 0.25) is 0 Å². The van der Waals surface area contributed by atoms with Crippen molar-refractivity contribution >= 4 is 23.0 Å². The van der Waals surface area contributed by atoms with Crippen LogP contribution in [0.1, 0.15) is 11.1 Å². The van der Waals surface area contributed by atoms with E-state index in [1.54, 1.807) is 17.0 Å². The first-order valence-corrected chi connectivity index (χ1v) is 9.02. The second kappa shape index (κ2) is 7.37. The van der Waals surface area contributed by atoms with Gasteiger partial charge in [-0.2, -0.15) is 13.2 Å². The third-order valence-corrected chi connectivity index (χ3v) is 4.89. The van der Waals surface area contributed by atoms with E-state index in [9.17, 15) is 18.0 Å². The van der Waals surface area contributed by atoms with E-state index in [0.717, 1.165) is 30.9 Å². The molecule has 1 fully saturated rings. The Labute approximate surface area is 160 Å². The highest BCUT2D eigenvalue weighted by Crippen LogP contribution is 2.33. The Morgan fingerprint density at radius 1 is 1.07 bits per heavy atom. The highest BCUT2D eigenvalue weighted by Gasteiger charge is 2.36. The fourth-order valence-electron chi connectivity index (χ4n) is 3.45. The van der Waals surface area contributed by atoms with E-state index in [2.05, 4.69) is 4.99 Å². The molecule has 2 aromatic carbocycles. The van der Waals surface area contributed by atoms with Crippen molar-refractivity contribution < 1.29 is 27.6 Å². The van der Waals surface area contributed by atoms with Crippen LogP contribution in [-0.4, -0.2) is 44.6 Å². The van der Waals surface area contributed by atoms with E-state index in [1.807, 2.05) is 12.1 Å². The van der Waals surface area contributed by atoms with Gasteiger partial charge in [-0.25, -0.2) is 4.99 Å². The number of nitrogens with zero attached hydrogens (tertiary/aromatic N) is 2. The minimum Gasteiger partial charge on any atom is -0.370 e. The number of amides is 1. The van der Waals surface area contributed by atoms with Crippen LogP contribution < -0.4 is 9.80 Å². The van der Waals surface area contributed by atoms with Crippen LogP contribution >= 0.6 is 0 Å². The number of nitrogens with one attached hydrogen (secondary N) is 1. The molecule has 8 heteroatoms. The van der Waals surface area contributed by atoms with E-state index >= 15 is 0 Å². The fraction of sp³-hybridized carbons (Fsp3) is 0.300. The van der Waals surface area contributed by atoms with Crippen LogP contribution in [0.5, 0.6) is 0 Å². The zero-order valence-electron chi connectivity index (χ0n) is 15.0. The summed E-state index contributed by atoms with van der Waals surface area (Å²) in [6.45, 7) is 3.35. The zero-order valence-corrected chi connectivity index (χ0v) is 15.0. The van der Waals surface area contributed by atoms with E-state index in [4.69, 9.17) is 4.74 Å². The number of fused-ring (bicyclic) bond motifs is 1. The van der Waals surface area contributed by atoms with Crippen molar-refractivity contribution in [3.63, 3.8) is 0 Å². The van der Waals surface area contributed by atoms with Gasteiger partial charge in [-0.1, -0.05) is 24.3 Å². The highest BCUT2D eigenvalue weighted by atomic mass is 19.4. The first-order valence-electron chi connectivity index (χ1n) is 9.02. The second-order valence-electron chi connectivity index (χ2n) is 6.78. The lowest BCUT2D eigenvalue weighted by Gasteiger charge is -2.27. The maximum Gasteiger partial charge on any atom is 0.416 e. The Morgan fingerprint density at radius 3 is 2.57 bits per heavy atom. The molecule has 0 aromatic heterocycles. The van der Waals surface area contributed by atoms with Gasteiger partial charge in [0.25, 0.3) is 5.91 Å². The van der Waals surface area contributed by atoms with Crippen LogP contribution in [0.3, 0.4) is 0 Å². The van der Waals surface area contributed by atoms with Crippen molar-refractivity contribution in [3.05, 3.63) is 59.7 Å². The summed E-state index contributed by atoms with van der Waals surface area (Å²) >= 11 is 0. The van der Waals surface area contributed by atoms with Gasteiger partial charge in [-0.05, 0) is 24.3 Å². The number of morpholine rings is 1. The van der Waals surface area contributed by atoms with Crippen LogP contribution in [0.4, 0.5) is 24.5 Å². The maximum absolute atomic E-state index is 13.1. The predicted molar refractivity (Wildman–Crippen MR) is 98.0 cm³/mol. The first-order chi connectivity index (χ1) is 13.4. The van der Waals surface area contributed by atoms with Crippen LogP contribution in [-0.2, 0) is 15.7 Å². The third kappa shape index (κ3) is 3.65. The standard InChI is InChI=1S/C20H18F3N3O2/c21-20(22,23)14-4-3-5-15(12-14)24-18-16-6-1-2-7-17(16)26(19(18)27)13-25-8-10-28-11-9-25/h1-7,12H,8-11,13H2/p+1. The van der Waals surface area contributed by atoms with E-state index in [-0.39, 0.29) is 17.3 Å². The number of rotatable bonds is 3. The average Bonchev–Trinajstić information content (AvgIpc) is 2.94. The van der Waals surface area contributed by atoms with Gasteiger partial charge in [0.15, 0.2) is 6.67 Å². The molecule has 1 N–H and O–H groups in total. The molecule has 146 valence electrons. The molecule has 0 saturated carbocycles. The molecule has 0 aliphatic carbocycles. The van der Waals surface area contributed by atoms with Gasteiger partial charge in [0, 0.05) is 5.56 Å². The maximum atomic E-state index is 13.1. The Morgan fingerprint density at radius 2 is 1.82 bits per heavy atom. The van der Waals surface area contributed by atoms with Gasteiger partial charge in [-0.3, -0.25) is 9.69 Å². The number of anilines is 1. The number of hydrogen-bond acceptors (Lipinski definition) is 3. The Balaban J connectivity index is 1.68. The molecule has 1 saturated heterocycles. The van der Waals surface area contributed by atoms with Crippen molar-refractivity contribution in [2.24, 2.45) is 4.99 Å². The van der Waals surface area contributed by atoms with Gasteiger partial charge in [-0.15, -0.1) is 0 Å². The summed E-state index contributed by atoms with van der Waals surface area (Å²) in [5, 5.41) is 0. The Hall–Kier alpha value is -2.71. The fourth-order valence-corrected chi connectivity index (χ4v) is 3.45. The minimum absolute atomic E-state index is 0.105. The SMILES string of the molecule is O=C1C(=Nc2cccc(C(F)(F)F)c2)c2ccccc2N1C[NH+]1CCOCC1. The van der Waals surface area contributed by atoms with E-state index in [0.29, 0.717) is 25.4 Å².